The van der Waals surface area contributed by atoms with Crippen molar-refractivity contribution in [3.05, 3.63) is 59.4 Å². The van der Waals surface area contributed by atoms with Gasteiger partial charge in [0.05, 0.1) is 11.0 Å². The number of imidazole rings is 1. The second-order valence-electron chi connectivity index (χ2n) is 5.85. The molecule has 1 N–H and O–H groups in total. The minimum Gasteiger partial charge on any atom is -0.377 e. The van der Waals surface area contributed by atoms with Crippen LogP contribution in [0.3, 0.4) is 0 Å². The third-order valence-electron chi connectivity index (χ3n) is 4.05. The molecule has 0 aliphatic heterocycles. The first-order chi connectivity index (χ1) is 11.6. The van der Waals surface area contributed by atoms with E-state index in [1.165, 1.54) is 0 Å². The van der Waals surface area contributed by atoms with Crippen molar-refractivity contribution in [3.63, 3.8) is 0 Å². The van der Waals surface area contributed by atoms with Gasteiger partial charge in [-0.05, 0) is 37.1 Å². The second kappa shape index (κ2) is 6.84. The lowest BCUT2D eigenvalue weighted by Gasteiger charge is -2.13. The summed E-state index contributed by atoms with van der Waals surface area (Å²) in [5, 5.41) is 3.02. The standard InChI is InChI=1S/C19H21N3O2/c1-13-7-6-8-14(2)19(13)21-18(23)11-22-16-10-5-4-9-15(16)20-17(22)12-24-3/h4-10H,11-12H2,1-3H3,(H,21,23). The van der Waals surface area contributed by atoms with Gasteiger partial charge in [-0.25, -0.2) is 4.98 Å². The van der Waals surface area contributed by atoms with E-state index in [-0.39, 0.29) is 12.5 Å². The number of amides is 1. The van der Waals surface area contributed by atoms with E-state index < -0.39 is 0 Å². The maximum Gasteiger partial charge on any atom is 0.244 e. The highest BCUT2D eigenvalue weighted by Crippen LogP contribution is 2.20. The van der Waals surface area contributed by atoms with Crippen molar-refractivity contribution in [3.8, 4) is 0 Å². The van der Waals surface area contributed by atoms with Gasteiger partial charge < -0.3 is 14.6 Å². The predicted molar refractivity (Wildman–Crippen MR) is 95.0 cm³/mol. The molecule has 0 unspecified atom stereocenters. The Kier molecular flexibility index (Phi) is 4.62. The van der Waals surface area contributed by atoms with Gasteiger partial charge in [-0.3, -0.25) is 4.79 Å². The summed E-state index contributed by atoms with van der Waals surface area (Å²) in [6, 6.07) is 13.8. The predicted octanol–water partition coefficient (Wildman–Crippen LogP) is 3.44. The van der Waals surface area contributed by atoms with Gasteiger partial charge in [-0.2, -0.15) is 0 Å². The molecular weight excluding hydrogens is 302 g/mol. The molecule has 0 fully saturated rings. The van der Waals surface area contributed by atoms with Crippen molar-refractivity contribution in [2.75, 3.05) is 12.4 Å². The van der Waals surface area contributed by atoms with Gasteiger partial charge in [0.1, 0.15) is 19.0 Å². The minimum absolute atomic E-state index is 0.0760. The number of carbonyl (C=O) groups excluding carboxylic acids is 1. The van der Waals surface area contributed by atoms with Crippen LogP contribution in [-0.2, 0) is 22.7 Å². The zero-order valence-corrected chi connectivity index (χ0v) is 14.2. The number of methoxy groups -OCH3 is 1. The van der Waals surface area contributed by atoms with Gasteiger partial charge in [0.2, 0.25) is 5.91 Å². The van der Waals surface area contributed by atoms with Crippen molar-refractivity contribution in [2.24, 2.45) is 0 Å². The number of carbonyl (C=O) groups is 1. The van der Waals surface area contributed by atoms with Gasteiger partial charge in [0.25, 0.3) is 0 Å². The number of nitrogens with zero attached hydrogens (tertiary/aromatic N) is 2. The summed E-state index contributed by atoms with van der Waals surface area (Å²) in [5.74, 6) is 0.670. The molecule has 0 atom stereocenters. The topological polar surface area (TPSA) is 56.2 Å². The largest absolute Gasteiger partial charge is 0.377 e. The fourth-order valence-electron chi connectivity index (χ4n) is 2.88. The van der Waals surface area contributed by atoms with E-state index in [2.05, 4.69) is 10.3 Å². The molecule has 124 valence electrons. The molecular formula is C19H21N3O2. The zero-order valence-electron chi connectivity index (χ0n) is 14.2. The fourth-order valence-corrected chi connectivity index (χ4v) is 2.88. The van der Waals surface area contributed by atoms with Gasteiger partial charge >= 0.3 is 0 Å². The number of ether oxygens (including phenoxy) is 1. The van der Waals surface area contributed by atoms with Crippen LogP contribution in [0.2, 0.25) is 0 Å². The number of para-hydroxylation sites is 3. The average Bonchev–Trinajstić information content (AvgIpc) is 2.89. The van der Waals surface area contributed by atoms with Crippen molar-refractivity contribution >= 4 is 22.6 Å². The van der Waals surface area contributed by atoms with Crippen LogP contribution < -0.4 is 5.32 Å². The van der Waals surface area contributed by atoms with Crippen LogP contribution in [-0.4, -0.2) is 22.6 Å². The molecule has 0 spiro atoms. The number of hydrogen-bond acceptors (Lipinski definition) is 3. The molecule has 5 nitrogen and oxygen atoms in total. The Bertz CT molecular complexity index is 863. The Morgan fingerprint density at radius 3 is 2.54 bits per heavy atom. The SMILES string of the molecule is COCc1nc2ccccc2n1CC(=O)Nc1c(C)cccc1C. The highest BCUT2D eigenvalue weighted by molar-refractivity contribution is 5.93. The van der Waals surface area contributed by atoms with Crippen LogP contribution in [0.25, 0.3) is 11.0 Å². The molecule has 0 aliphatic rings. The van der Waals surface area contributed by atoms with E-state index in [1.54, 1.807) is 7.11 Å². The van der Waals surface area contributed by atoms with E-state index in [0.29, 0.717) is 6.61 Å². The molecule has 1 amide bonds. The Labute approximate surface area is 141 Å². The average molecular weight is 323 g/mol. The maximum atomic E-state index is 12.6. The second-order valence-corrected chi connectivity index (χ2v) is 5.85. The van der Waals surface area contributed by atoms with E-state index in [0.717, 1.165) is 33.7 Å². The Morgan fingerprint density at radius 1 is 1.12 bits per heavy atom. The smallest absolute Gasteiger partial charge is 0.244 e. The molecule has 1 heterocycles. The van der Waals surface area contributed by atoms with Crippen molar-refractivity contribution in [1.29, 1.82) is 0 Å². The number of rotatable bonds is 5. The highest BCUT2D eigenvalue weighted by Gasteiger charge is 2.14. The lowest BCUT2D eigenvalue weighted by Crippen LogP contribution is -2.21. The molecule has 2 aromatic carbocycles. The number of hydrogen-bond donors (Lipinski definition) is 1. The Morgan fingerprint density at radius 2 is 1.83 bits per heavy atom. The Balaban J connectivity index is 1.89. The summed E-state index contributed by atoms with van der Waals surface area (Å²) < 4.78 is 7.13. The zero-order chi connectivity index (χ0) is 17.1. The van der Waals surface area contributed by atoms with Crippen molar-refractivity contribution in [2.45, 2.75) is 27.0 Å². The van der Waals surface area contributed by atoms with Crippen LogP contribution in [0.15, 0.2) is 42.5 Å². The van der Waals surface area contributed by atoms with Gasteiger partial charge in [-0.15, -0.1) is 0 Å². The number of anilines is 1. The molecule has 0 radical (unpaired) electrons. The molecule has 5 heteroatoms. The van der Waals surface area contributed by atoms with E-state index in [9.17, 15) is 4.79 Å². The molecule has 0 saturated heterocycles. The number of aryl methyl sites for hydroxylation is 2. The Hall–Kier alpha value is -2.66. The summed E-state index contributed by atoms with van der Waals surface area (Å²) in [6.45, 7) is 4.55. The highest BCUT2D eigenvalue weighted by atomic mass is 16.5. The van der Waals surface area contributed by atoms with Crippen LogP contribution in [0.5, 0.6) is 0 Å². The first-order valence-corrected chi connectivity index (χ1v) is 7.89. The van der Waals surface area contributed by atoms with Gasteiger partial charge in [0, 0.05) is 12.8 Å². The first-order valence-electron chi connectivity index (χ1n) is 7.89. The molecule has 0 saturated carbocycles. The van der Waals surface area contributed by atoms with Gasteiger partial charge in [-0.1, -0.05) is 30.3 Å². The molecule has 0 bridgehead atoms. The van der Waals surface area contributed by atoms with Gasteiger partial charge in [0.15, 0.2) is 0 Å². The number of fused-ring (bicyclic) bond motifs is 1. The summed E-state index contributed by atoms with van der Waals surface area (Å²) >= 11 is 0. The monoisotopic (exact) mass is 323 g/mol. The number of benzene rings is 2. The summed E-state index contributed by atoms with van der Waals surface area (Å²) in [6.07, 6.45) is 0. The number of nitrogens with one attached hydrogen (secondary N) is 1. The third kappa shape index (κ3) is 3.16. The normalized spacial score (nSPS) is 11.0. The van der Waals surface area contributed by atoms with Crippen LogP contribution in [0.1, 0.15) is 17.0 Å². The van der Waals surface area contributed by atoms with E-state index in [1.807, 2.05) is 60.9 Å². The fraction of sp³-hybridized carbons (Fsp3) is 0.263. The molecule has 1 aromatic heterocycles. The third-order valence-corrected chi connectivity index (χ3v) is 4.05. The first kappa shape index (κ1) is 16.2. The molecule has 3 aromatic rings. The van der Waals surface area contributed by atoms with Crippen LogP contribution in [0.4, 0.5) is 5.69 Å². The lowest BCUT2D eigenvalue weighted by atomic mass is 10.1. The quantitative estimate of drug-likeness (QED) is 0.782. The van der Waals surface area contributed by atoms with E-state index in [4.69, 9.17) is 4.74 Å². The summed E-state index contributed by atoms with van der Waals surface area (Å²) in [4.78, 5) is 17.1. The molecule has 0 aliphatic carbocycles. The van der Waals surface area contributed by atoms with Crippen molar-refractivity contribution in [1.82, 2.24) is 9.55 Å². The summed E-state index contributed by atoms with van der Waals surface area (Å²) in [7, 11) is 1.63. The molecule has 24 heavy (non-hydrogen) atoms. The maximum absolute atomic E-state index is 12.6. The van der Waals surface area contributed by atoms with Crippen LogP contribution >= 0.6 is 0 Å². The molecule has 3 rings (SSSR count). The lowest BCUT2D eigenvalue weighted by molar-refractivity contribution is -0.116. The summed E-state index contributed by atoms with van der Waals surface area (Å²) in [5.41, 5.74) is 4.78. The minimum atomic E-state index is -0.0760. The van der Waals surface area contributed by atoms with E-state index >= 15 is 0 Å². The number of aromatic nitrogens is 2. The van der Waals surface area contributed by atoms with Crippen molar-refractivity contribution < 1.29 is 9.53 Å². The van der Waals surface area contributed by atoms with Crippen LogP contribution in [0, 0.1) is 13.8 Å².